The van der Waals surface area contributed by atoms with Crippen molar-refractivity contribution in [3.05, 3.63) is 64.3 Å². The van der Waals surface area contributed by atoms with Crippen molar-refractivity contribution in [3.8, 4) is 22.6 Å². The first-order valence-electron chi connectivity index (χ1n) is 6.26. The summed E-state index contributed by atoms with van der Waals surface area (Å²) in [5, 5.41) is -0.537. The minimum Gasteiger partial charge on any atom is -0.253 e. The fourth-order valence-corrected chi connectivity index (χ4v) is 2.58. The van der Waals surface area contributed by atoms with Gasteiger partial charge in [0, 0.05) is 18.3 Å². The van der Waals surface area contributed by atoms with Crippen LogP contribution in [-0.2, 0) is 0 Å². The first-order valence-corrected chi connectivity index (χ1v) is 7.02. The SMILES string of the molecule is Fc1cc(F)c(-c2c(Cl)nc(-c3ccccn3)nc2Cl)c(F)c1. The molecule has 3 rings (SSSR count). The number of rotatable bonds is 2. The smallest absolute Gasteiger partial charge is 0.181 e. The maximum atomic E-state index is 13.9. The number of aromatic nitrogens is 3. The Balaban J connectivity index is 2.20. The summed E-state index contributed by atoms with van der Waals surface area (Å²) in [7, 11) is 0. The van der Waals surface area contributed by atoms with Crippen LogP contribution in [0.1, 0.15) is 0 Å². The normalized spacial score (nSPS) is 10.8. The largest absolute Gasteiger partial charge is 0.253 e. The minimum atomic E-state index is -1.15. The molecule has 0 amide bonds. The van der Waals surface area contributed by atoms with Gasteiger partial charge in [-0.15, -0.1) is 0 Å². The Morgan fingerprint density at radius 1 is 0.826 bits per heavy atom. The van der Waals surface area contributed by atoms with Crippen molar-refractivity contribution in [2.24, 2.45) is 0 Å². The van der Waals surface area contributed by atoms with Crippen LogP contribution in [0.3, 0.4) is 0 Å². The molecule has 0 spiro atoms. The molecule has 0 aliphatic carbocycles. The van der Waals surface area contributed by atoms with Gasteiger partial charge in [-0.1, -0.05) is 29.3 Å². The molecule has 2 heterocycles. The summed E-state index contributed by atoms with van der Waals surface area (Å²) in [5.74, 6) is -3.25. The predicted octanol–water partition coefficient (Wildman–Crippen LogP) is 4.93. The van der Waals surface area contributed by atoms with Crippen LogP contribution in [0.25, 0.3) is 22.6 Å². The Hall–Kier alpha value is -2.18. The van der Waals surface area contributed by atoms with Crippen molar-refractivity contribution in [3.63, 3.8) is 0 Å². The summed E-state index contributed by atoms with van der Waals surface area (Å²) in [6, 6.07) is 6.08. The van der Waals surface area contributed by atoms with Gasteiger partial charge in [-0.05, 0) is 12.1 Å². The van der Waals surface area contributed by atoms with Crippen LogP contribution in [0.2, 0.25) is 10.3 Å². The van der Waals surface area contributed by atoms with E-state index in [4.69, 9.17) is 23.2 Å². The molecule has 0 atom stereocenters. The average molecular weight is 356 g/mol. The topological polar surface area (TPSA) is 38.7 Å². The van der Waals surface area contributed by atoms with Crippen LogP contribution in [0, 0.1) is 17.5 Å². The lowest BCUT2D eigenvalue weighted by Gasteiger charge is -2.10. The molecule has 23 heavy (non-hydrogen) atoms. The second-order valence-electron chi connectivity index (χ2n) is 4.46. The highest BCUT2D eigenvalue weighted by Gasteiger charge is 2.22. The zero-order valence-electron chi connectivity index (χ0n) is 11.2. The van der Waals surface area contributed by atoms with Crippen LogP contribution in [0.4, 0.5) is 13.2 Å². The highest BCUT2D eigenvalue weighted by atomic mass is 35.5. The van der Waals surface area contributed by atoms with E-state index >= 15 is 0 Å². The first-order chi connectivity index (χ1) is 11.0. The molecular formula is C15H6Cl2F3N3. The maximum Gasteiger partial charge on any atom is 0.181 e. The van der Waals surface area contributed by atoms with Crippen molar-refractivity contribution >= 4 is 23.2 Å². The van der Waals surface area contributed by atoms with Gasteiger partial charge in [0.05, 0.1) is 11.1 Å². The van der Waals surface area contributed by atoms with E-state index < -0.39 is 23.0 Å². The Kier molecular flexibility index (Phi) is 4.19. The molecule has 0 saturated carbocycles. The summed E-state index contributed by atoms with van der Waals surface area (Å²) in [6.07, 6.45) is 1.52. The number of hydrogen-bond acceptors (Lipinski definition) is 3. The molecule has 0 saturated heterocycles. The number of halogens is 5. The standard InChI is InChI=1S/C15H6Cl2F3N3/c16-13-12(11-8(19)5-7(18)6-9(11)20)14(17)23-15(22-13)10-3-1-2-4-21-10/h1-6H. The van der Waals surface area contributed by atoms with Crippen LogP contribution < -0.4 is 0 Å². The van der Waals surface area contributed by atoms with E-state index in [1.807, 2.05) is 0 Å². The van der Waals surface area contributed by atoms with E-state index in [0.717, 1.165) is 0 Å². The molecule has 1 aromatic carbocycles. The molecule has 0 radical (unpaired) electrons. The molecule has 0 aliphatic heterocycles. The van der Waals surface area contributed by atoms with Gasteiger partial charge in [-0.3, -0.25) is 4.98 Å². The molecule has 0 unspecified atom stereocenters. The summed E-state index contributed by atoms with van der Waals surface area (Å²) >= 11 is 12.0. The maximum absolute atomic E-state index is 13.9. The fraction of sp³-hybridized carbons (Fsp3) is 0. The zero-order valence-corrected chi connectivity index (χ0v) is 12.7. The van der Waals surface area contributed by atoms with Gasteiger partial charge in [-0.2, -0.15) is 0 Å². The Morgan fingerprint density at radius 2 is 1.43 bits per heavy atom. The van der Waals surface area contributed by atoms with E-state index in [2.05, 4.69) is 15.0 Å². The van der Waals surface area contributed by atoms with Crippen molar-refractivity contribution in [2.75, 3.05) is 0 Å². The predicted molar refractivity (Wildman–Crippen MR) is 80.6 cm³/mol. The third-order valence-corrected chi connectivity index (χ3v) is 3.52. The Labute approximate surface area is 138 Å². The average Bonchev–Trinajstić information content (AvgIpc) is 2.49. The van der Waals surface area contributed by atoms with Crippen molar-refractivity contribution in [1.82, 2.24) is 15.0 Å². The molecule has 0 bridgehead atoms. The third-order valence-electron chi connectivity index (χ3n) is 2.97. The van der Waals surface area contributed by atoms with Gasteiger partial charge in [-0.25, -0.2) is 23.1 Å². The van der Waals surface area contributed by atoms with E-state index in [1.165, 1.54) is 6.20 Å². The molecule has 8 heteroatoms. The van der Waals surface area contributed by atoms with E-state index in [1.54, 1.807) is 18.2 Å². The molecule has 2 aromatic heterocycles. The molecule has 3 nitrogen and oxygen atoms in total. The van der Waals surface area contributed by atoms with Gasteiger partial charge in [0.2, 0.25) is 0 Å². The quantitative estimate of drug-likeness (QED) is 0.611. The van der Waals surface area contributed by atoms with Crippen LogP contribution in [0.15, 0.2) is 36.5 Å². The van der Waals surface area contributed by atoms with Crippen molar-refractivity contribution in [2.45, 2.75) is 0 Å². The number of hydrogen-bond donors (Lipinski definition) is 0. The van der Waals surface area contributed by atoms with Gasteiger partial charge < -0.3 is 0 Å². The second kappa shape index (κ2) is 6.14. The number of nitrogens with zero attached hydrogens (tertiary/aromatic N) is 3. The fourth-order valence-electron chi connectivity index (χ4n) is 2.00. The minimum absolute atomic E-state index is 0.104. The molecule has 3 aromatic rings. The van der Waals surface area contributed by atoms with Gasteiger partial charge >= 0.3 is 0 Å². The van der Waals surface area contributed by atoms with E-state index in [-0.39, 0.29) is 21.7 Å². The Morgan fingerprint density at radius 3 is 1.96 bits per heavy atom. The lowest BCUT2D eigenvalue weighted by Crippen LogP contribution is -1.99. The van der Waals surface area contributed by atoms with E-state index in [0.29, 0.717) is 17.8 Å². The zero-order chi connectivity index (χ0) is 16.6. The van der Waals surface area contributed by atoms with E-state index in [9.17, 15) is 13.2 Å². The van der Waals surface area contributed by atoms with Crippen LogP contribution in [0.5, 0.6) is 0 Å². The molecule has 0 aliphatic rings. The molecule has 0 fully saturated rings. The second-order valence-corrected chi connectivity index (χ2v) is 5.18. The summed E-state index contributed by atoms with van der Waals surface area (Å²) < 4.78 is 40.9. The summed E-state index contributed by atoms with van der Waals surface area (Å²) in [6.45, 7) is 0. The van der Waals surface area contributed by atoms with Gasteiger partial charge in [0.1, 0.15) is 33.5 Å². The van der Waals surface area contributed by atoms with Crippen LogP contribution in [-0.4, -0.2) is 15.0 Å². The third kappa shape index (κ3) is 3.00. The molecule has 0 N–H and O–H groups in total. The first kappa shape index (κ1) is 15.7. The molecular weight excluding hydrogens is 350 g/mol. The lowest BCUT2D eigenvalue weighted by atomic mass is 10.1. The summed E-state index contributed by atoms with van der Waals surface area (Å²) in [5.41, 5.74) is -0.445. The highest BCUT2D eigenvalue weighted by Crippen LogP contribution is 2.37. The number of benzene rings is 1. The lowest BCUT2D eigenvalue weighted by molar-refractivity contribution is 0.548. The number of pyridine rings is 1. The van der Waals surface area contributed by atoms with Crippen molar-refractivity contribution < 1.29 is 13.2 Å². The monoisotopic (exact) mass is 355 g/mol. The van der Waals surface area contributed by atoms with Crippen molar-refractivity contribution in [1.29, 1.82) is 0 Å². The van der Waals surface area contributed by atoms with Crippen LogP contribution >= 0.6 is 23.2 Å². The summed E-state index contributed by atoms with van der Waals surface area (Å²) in [4.78, 5) is 12.0. The van der Waals surface area contributed by atoms with Gasteiger partial charge in [0.25, 0.3) is 0 Å². The Bertz CT molecular complexity index is 842. The highest BCUT2D eigenvalue weighted by molar-refractivity contribution is 6.37. The van der Waals surface area contributed by atoms with Gasteiger partial charge in [0.15, 0.2) is 5.82 Å². The molecule has 116 valence electrons.